The maximum Gasteiger partial charge on any atom is 0.416 e. The number of primary amides is 1. The van der Waals surface area contributed by atoms with Crippen molar-refractivity contribution >= 4 is 17.6 Å². The second kappa shape index (κ2) is 8.14. The van der Waals surface area contributed by atoms with Gasteiger partial charge in [-0.2, -0.15) is 13.2 Å². The quantitative estimate of drug-likeness (QED) is 0.679. The van der Waals surface area contributed by atoms with Gasteiger partial charge in [-0.3, -0.25) is 9.59 Å². The molecule has 0 saturated heterocycles. The number of nitrogens with two attached hydrogens (primary N) is 1. The van der Waals surface area contributed by atoms with Crippen LogP contribution in [0.15, 0.2) is 66.9 Å². The molecule has 0 bridgehead atoms. The van der Waals surface area contributed by atoms with Gasteiger partial charge in [-0.1, -0.05) is 30.3 Å². The number of aromatic nitrogens is 1. The number of rotatable bonds is 5. The van der Waals surface area contributed by atoms with E-state index in [0.29, 0.717) is 5.56 Å². The number of benzene rings is 2. The summed E-state index contributed by atoms with van der Waals surface area (Å²) in [5.74, 6) is -1.21. The minimum absolute atomic E-state index is 0.0231. The van der Waals surface area contributed by atoms with Gasteiger partial charge in [-0.15, -0.1) is 0 Å². The SMILES string of the molecule is NC(=O)c1ccnc(NC(=O)c2ccc(C(F)(F)F)cc2)c1Cc1ccccc1. The van der Waals surface area contributed by atoms with Crippen LogP contribution in [0.3, 0.4) is 0 Å². The average molecular weight is 399 g/mol. The maximum absolute atomic E-state index is 12.7. The normalized spacial score (nSPS) is 11.1. The fourth-order valence-electron chi connectivity index (χ4n) is 2.80. The van der Waals surface area contributed by atoms with E-state index in [9.17, 15) is 22.8 Å². The summed E-state index contributed by atoms with van der Waals surface area (Å²) in [7, 11) is 0. The van der Waals surface area contributed by atoms with Crippen molar-refractivity contribution in [1.29, 1.82) is 0 Å². The highest BCUT2D eigenvalue weighted by Crippen LogP contribution is 2.29. The lowest BCUT2D eigenvalue weighted by Gasteiger charge is -2.14. The highest BCUT2D eigenvalue weighted by atomic mass is 19.4. The topological polar surface area (TPSA) is 85.1 Å². The van der Waals surface area contributed by atoms with Crippen molar-refractivity contribution in [2.75, 3.05) is 5.32 Å². The number of anilines is 1. The molecule has 0 atom stereocenters. The molecule has 3 rings (SSSR count). The summed E-state index contributed by atoms with van der Waals surface area (Å²) in [6.45, 7) is 0. The summed E-state index contributed by atoms with van der Waals surface area (Å²) in [6, 6.07) is 14.5. The smallest absolute Gasteiger partial charge is 0.366 e. The number of carbonyl (C=O) groups excluding carboxylic acids is 2. The van der Waals surface area contributed by atoms with Crippen LogP contribution in [-0.4, -0.2) is 16.8 Å². The Bertz CT molecular complexity index is 1030. The predicted molar refractivity (Wildman–Crippen MR) is 101 cm³/mol. The summed E-state index contributed by atoms with van der Waals surface area (Å²) in [4.78, 5) is 28.5. The molecule has 8 heteroatoms. The molecular formula is C21H16F3N3O2. The first-order valence-electron chi connectivity index (χ1n) is 8.56. The monoisotopic (exact) mass is 399 g/mol. The molecule has 3 aromatic rings. The summed E-state index contributed by atoms with van der Waals surface area (Å²) >= 11 is 0. The lowest BCUT2D eigenvalue weighted by Crippen LogP contribution is -2.19. The van der Waals surface area contributed by atoms with Gasteiger partial charge in [0.25, 0.3) is 5.91 Å². The van der Waals surface area contributed by atoms with Crippen molar-refractivity contribution in [3.63, 3.8) is 0 Å². The van der Waals surface area contributed by atoms with Crippen LogP contribution in [0.25, 0.3) is 0 Å². The lowest BCUT2D eigenvalue weighted by molar-refractivity contribution is -0.137. The second-order valence-corrected chi connectivity index (χ2v) is 6.24. The Morgan fingerprint density at radius 1 is 0.966 bits per heavy atom. The first-order chi connectivity index (χ1) is 13.8. The highest BCUT2D eigenvalue weighted by molar-refractivity contribution is 6.05. The van der Waals surface area contributed by atoms with Crippen LogP contribution in [0.4, 0.5) is 19.0 Å². The second-order valence-electron chi connectivity index (χ2n) is 6.24. The number of halogens is 3. The number of hydrogen-bond donors (Lipinski definition) is 2. The van der Waals surface area contributed by atoms with E-state index in [1.807, 2.05) is 30.3 Å². The minimum atomic E-state index is -4.49. The third-order valence-corrected chi connectivity index (χ3v) is 4.25. The fourth-order valence-corrected chi connectivity index (χ4v) is 2.80. The molecule has 148 valence electrons. The molecule has 29 heavy (non-hydrogen) atoms. The Morgan fingerprint density at radius 3 is 2.21 bits per heavy atom. The zero-order valence-corrected chi connectivity index (χ0v) is 15.0. The van der Waals surface area contributed by atoms with Crippen LogP contribution < -0.4 is 11.1 Å². The number of hydrogen-bond acceptors (Lipinski definition) is 3. The average Bonchev–Trinajstić information content (AvgIpc) is 2.69. The van der Waals surface area contributed by atoms with Crippen molar-refractivity contribution in [3.05, 3.63) is 94.7 Å². The molecule has 0 unspecified atom stereocenters. The number of nitrogens with zero attached hydrogens (tertiary/aromatic N) is 1. The molecule has 1 aromatic heterocycles. The van der Waals surface area contributed by atoms with Crippen molar-refractivity contribution in [2.24, 2.45) is 5.73 Å². The molecule has 3 N–H and O–H groups in total. The Kier molecular flexibility index (Phi) is 5.63. The van der Waals surface area contributed by atoms with Crippen molar-refractivity contribution in [3.8, 4) is 0 Å². The van der Waals surface area contributed by atoms with Crippen LogP contribution in [0, 0.1) is 0 Å². The first kappa shape index (κ1) is 20.1. The van der Waals surface area contributed by atoms with E-state index in [0.717, 1.165) is 29.8 Å². The molecule has 5 nitrogen and oxygen atoms in total. The van der Waals surface area contributed by atoms with Gasteiger partial charge in [0.1, 0.15) is 5.82 Å². The number of alkyl halides is 3. The molecule has 0 spiro atoms. The summed E-state index contributed by atoms with van der Waals surface area (Å²) in [6.07, 6.45) is -2.87. The Balaban J connectivity index is 1.91. The van der Waals surface area contributed by atoms with E-state index in [1.54, 1.807) is 0 Å². The van der Waals surface area contributed by atoms with Gasteiger partial charge in [0, 0.05) is 29.3 Å². The van der Waals surface area contributed by atoms with E-state index in [2.05, 4.69) is 10.3 Å². The van der Waals surface area contributed by atoms with E-state index < -0.39 is 23.6 Å². The van der Waals surface area contributed by atoms with Crippen molar-refractivity contribution < 1.29 is 22.8 Å². The van der Waals surface area contributed by atoms with E-state index in [4.69, 9.17) is 5.73 Å². The van der Waals surface area contributed by atoms with Gasteiger partial charge in [-0.05, 0) is 35.9 Å². The van der Waals surface area contributed by atoms with Gasteiger partial charge >= 0.3 is 6.18 Å². The Hall–Kier alpha value is -3.68. The lowest BCUT2D eigenvalue weighted by atomic mass is 10.00. The van der Waals surface area contributed by atoms with Gasteiger partial charge in [0.05, 0.1) is 5.56 Å². The maximum atomic E-state index is 12.7. The summed E-state index contributed by atoms with van der Waals surface area (Å²) < 4.78 is 38.1. The molecule has 1 heterocycles. The largest absolute Gasteiger partial charge is 0.416 e. The summed E-state index contributed by atoms with van der Waals surface area (Å²) in [5.41, 5.74) is 6.11. The highest BCUT2D eigenvalue weighted by Gasteiger charge is 2.30. The van der Waals surface area contributed by atoms with Crippen molar-refractivity contribution in [2.45, 2.75) is 12.6 Å². The summed E-state index contributed by atoms with van der Waals surface area (Å²) in [5, 5.41) is 2.56. The van der Waals surface area contributed by atoms with Crippen LogP contribution in [0.5, 0.6) is 0 Å². The molecule has 0 aliphatic carbocycles. The number of amides is 2. The van der Waals surface area contributed by atoms with Crippen LogP contribution >= 0.6 is 0 Å². The predicted octanol–water partition coefficient (Wildman–Crippen LogP) is 4.04. The molecule has 0 radical (unpaired) electrons. The Labute approximate surface area is 164 Å². The van der Waals surface area contributed by atoms with Crippen LogP contribution in [0.2, 0.25) is 0 Å². The molecule has 0 saturated carbocycles. The van der Waals surface area contributed by atoms with Gasteiger partial charge in [-0.25, -0.2) is 4.98 Å². The van der Waals surface area contributed by atoms with E-state index >= 15 is 0 Å². The molecule has 0 aliphatic heterocycles. The van der Waals surface area contributed by atoms with Crippen LogP contribution in [-0.2, 0) is 12.6 Å². The first-order valence-corrected chi connectivity index (χ1v) is 8.56. The number of pyridine rings is 1. The zero-order valence-electron chi connectivity index (χ0n) is 15.0. The van der Waals surface area contributed by atoms with Gasteiger partial charge in [0.2, 0.25) is 5.91 Å². The van der Waals surface area contributed by atoms with Crippen LogP contribution in [0.1, 0.15) is 37.4 Å². The molecule has 2 amide bonds. The van der Waals surface area contributed by atoms with Gasteiger partial charge < -0.3 is 11.1 Å². The number of carbonyl (C=O) groups is 2. The van der Waals surface area contributed by atoms with E-state index in [-0.39, 0.29) is 23.4 Å². The molecule has 2 aromatic carbocycles. The molecule has 0 aliphatic rings. The molecular weight excluding hydrogens is 383 g/mol. The van der Waals surface area contributed by atoms with Gasteiger partial charge in [0.15, 0.2) is 0 Å². The zero-order chi connectivity index (χ0) is 21.0. The standard InChI is InChI=1S/C21H16F3N3O2/c22-21(23,24)15-8-6-14(7-9-15)20(29)27-19-17(12-13-4-2-1-3-5-13)16(18(25)28)10-11-26-19/h1-11H,12H2,(H2,25,28)(H,26,27,29). The fraction of sp³-hybridized carbons (Fsp3) is 0.0952. The minimum Gasteiger partial charge on any atom is -0.366 e. The number of nitrogens with one attached hydrogen (secondary N) is 1. The third kappa shape index (κ3) is 4.78. The van der Waals surface area contributed by atoms with Crippen molar-refractivity contribution in [1.82, 2.24) is 4.98 Å². The molecule has 0 fully saturated rings. The van der Waals surface area contributed by atoms with E-state index in [1.165, 1.54) is 12.3 Å². The third-order valence-electron chi connectivity index (χ3n) is 4.25. The Morgan fingerprint density at radius 2 is 1.62 bits per heavy atom.